The van der Waals surface area contributed by atoms with Crippen LogP contribution in [0.1, 0.15) is 93.1 Å². The van der Waals surface area contributed by atoms with Gasteiger partial charge < -0.3 is 10.2 Å². The molecule has 2 rings (SSSR count). The van der Waals surface area contributed by atoms with Crippen LogP contribution in [-0.2, 0) is 4.79 Å². The fourth-order valence-electron chi connectivity index (χ4n) is 3.90. The van der Waals surface area contributed by atoms with E-state index in [4.69, 9.17) is 5.21 Å². The third-order valence-corrected chi connectivity index (χ3v) is 5.89. The topological polar surface area (TPSA) is 81.7 Å². The predicted octanol–water partition coefficient (Wildman–Crippen LogP) is 6.20. The Morgan fingerprint density at radius 1 is 0.879 bits per heavy atom. The van der Waals surface area contributed by atoms with E-state index in [0.29, 0.717) is 30.4 Å². The Labute approximate surface area is 198 Å². The number of unbranched alkanes of at least 4 members (excludes halogenated alkanes) is 3. The minimum Gasteiger partial charge on any atom is -0.355 e. The van der Waals surface area contributed by atoms with Gasteiger partial charge in [0.05, 0.1) is 0 Å². The van der Waals surface area contributed by atoms with Gasteiger partial charge in [0.2, 0.25) is 5.91 Å². The molecule has 0 aliphatic rings. The lowest BCUT2D eigenvalue weighted by Gasteiger charge is -2.21. The van der Waals surface area contributed by atoms with Gasteiger partial charge in [-0.3, -0.25) is 14.8 Å². The summed E-state index contributed by atoms with van der Waals surface area (Å²) in [7, 11) is 1.82. The maximum atomic E-state index is 12.8. The summed E-state index contributed by atoms with van der Waals surface area (Å²) in [4.78, 5) is 25.5. The predicted molar refractivity (Wildman–Crippen MR) is 134 cm³/mol. The highest BCUT2D eigenvalue weighted by Crippen LogP contribution is 2.34. The van der Waals surface area contributed by atoms with Gasteiger partial charge >= 0.3 is 0 Å². The summed E-state index contributed by atoms with van der Waals surface area (Å²) in [6.07, 6.45) is 3.77. The number of amides is 2. The van der Waals surface area contributed by atoms with Crippen LogP contribution in [0.3, 0.4) is 0 Å². The van der Waals surface area contributed by atoms with Crippen molar-refractivity contribution < 1.29 is 14.8 Å². The zero-order chi connectivity index (χ0) is 24.4. The zero-order valence-corrected chi connectivity index (χ0v) is 20.6. The maximum absolute atomic E-state index is 12.8. The monoisotopic (exact) mass is 453 g/mol. The molecule has 2 aromatic carbocycles. The molecule has 0 aliphatic heterocycles. The number of carbonyl (C=O) groups excluding carboxylic acids is 2. The lowest BCUT2D eigenvalue weighted by molar-refractivity contribution is -0.129. The number of carbonyl (C=O) groups is 2. The number of para-hydroxylation sites is 1. The third kappa shape index (κ3) is 7.90. The summed E-state index contributed by atoms with van der Waals surface area (Å²) in [5, 5.41) is 12.1. The van der Waals surface area contributed by atoms with Crippen LogP contribution >= 0.6 is 0 Å². The van der Waals surface area contributed by atoms with Crippen LogP contribution in [0.5, 0.6) is 0 Å². The molecule has 2 aromatic rings. The van der Waals surface area contributed by atoms with E-state index in [0.717, 1.165) is 37.1 Å². The van der Waals surface area contributed by atoms with Crippen molar-refractivity contribution >= 4 is 23.2 Å². The first-order valence-electron chi connectivity index (χ1n) is 11.9. The lowest BCUT2D eigenvalue weighted by Crippen LogP contribution is -2.27. The SMILES string of the molecule is CC(C)c1cccc(C(C)C)c1Nc1ccc(C(=O)N(C)CCCCCCC(=O)NO)cc1. The summed E-state index contributed by atoms with van der Waals surface area (Å²) >= 11 is 0. The minimum absolute atomic E-state index is 0.00617. The van der Waals surface area contributed by atoms with Gasteiger partial charge in [-0.05, 0) is 60.1 Å². The maximum Gasteiger partial charge on any atom is 0.253 e. The van der Waals surface area contributed by atoms with E-state index < -0.39 is 0 Å². The molecule has 0 fully saturated rings. The van der Waals surface area contributed by atoms with Crippen LogP contribution in [0.2, 0.25) is 0 Å². The van der Waals surface area contributed by atoms with E-state index in [9.17, 15) is 9.59 Å². The smallest absolute Gasteiger partial charge is 0.253 e. The molecule has 0 atom stereocenters. The van der Waals surface area contributed by atoms with E-state index in [1.165, 1.54) is 11.1 Å². The van der Waals surface area contributed by atoms with Gasteiger partial charge in [-0.2, -0.15) is 0 Å². The van der Waals surface area contributed by atoms with Crippen molar-refractivity contribution in [2.75, 3.05) is 18.9 Å². The number of hydrogen-bond donors (Lipinski definition) is 3. The van der Waals surface area contributed by atoms with Crippen LogP contribution < -0.4 is 10.8 Å². The van der Waals surface area contributed by atoms with Crippen molar-refractivity contribution in [3.8, 4) is 0 Å². The molecule has 6 heteroatoms. The molecule has 0 heterocycles. The normalized spacial score (nSPS) is 11.0. The summed E-state index contributed by atoms with van der Waals surface area (Å²) in [6, 6.07) is 14.2. The van der Waals surface area contributed by atoms with E-state index in [2.05, 4.69) is 51.2 Å². The van der Waals surface area contributed by atoms with Crippen molar-refractivity contribution in [1.82, 2.24) is 10.4 Å². The van der Waals surface area contributed by atoms with Crippen LogP contribution in [0.25, 0.3) is 0 Å². The number of rotatable bonds is 12. The number of benzene rings is 2. The van der Waals surface area contributed by atoms with Crippen molar-refractivity contribution in [3.05, 3.63) is 59.2 Å². The van der Waals surface area contributed by atoms with Gasteiger partial charge in [0.1, 0.15) is 0 Å². The van der Waals surface area contributed by atoms with Gasteiger partial charge in [0.15, 0.2) is 0 Å². The standard InChI is InChI=1S/C27H39N3O3/c1-19(2)23-11-10-12-24(20(3)4)26(23)28-22-16-14-21(15-17-22)27(32)30(5)18-9-7-6-8-13-25(31)29-33/h10-12,14-17,19-20,28,33H,6-9,13,18H2,1-5H3,(H,29,31). The van der Waals surface area contributed by atoms with Crippen LogP contribution in [0, 0.1) is 0 Å². The Bertz CT molecular complexity index is 881. The largest absolute Gasteiger partial charge is 0.355 e. The first-order chi connectivity index (χ1) is 15.7. The molecule has 0 unspecified atom stereocenters. The molecular weight excluding hydrogens is 414 g/mol. The molecule has 0 radical (unpaired) electrons. The average Bonchev–Trinajstić information content (AvgIpc) is 2.80. The molecule has 0 saturated heterocycles. The highest BCUT2D eigenvalue weighted by Gasteiger charge is 2.15. The number of nitrogens with zero attached hydrogens (tertiary/aromatic N) is 1. The number of hydroxylamine groups is 1. The fourth-order valence-corrected chi connectivity index (χ4v) is 3.90. The van der Waals surface area contributed by atoms with Gasteiger partial charge in [-0.15, -0.1) is 0 Å². The molecule has 3 N–H and O–H groups in total. The molecule has 2 amide bonds. The number of hydrogen-bond acceptors (Lipinski definition) is 4. The number of nitrogens with one attached hydrogen (secondary N) is 2. The van der Waals surface area contributed by atoms with Gasteiger partial charge in [0, 0.05) is 37.0 Å². The summed E-state index contributed by atoms with van der Waals surface area (Å²) < 4.78 is 0. The molecule has 0 aromatic heterocycles. The van der Waals surface area contributed by atoms with E-state index in [-0.39, 0.29) is 11.8 Å². The Kier molecular flexibility index (Phi) is 10.4. The molecule has 33 heavy (non-hydrogen) atoms. The van der Waals surface area contributed by atoms with Crippen molar-refractivity contribution in [2.24, 2.45) is 0 Å². The van der Waals surface area contributed by atoms with Crippen molar-refractivity contribution in [1.29, 1.82) is 0 Å². The molecular formula is C27H39N3O3. The van der Waals surface area contributed by atoms with Gasteiger partial charge in [0.25, 0.3) is 5.91 Å². The molecule has 0 bridgehead atoms. The Morgan fingerprint density at radius 3 is 2.00 bits per heavy atom. The lowest BCUT2D eigenvalue weighted by atomic mass is 9.92. The Hall–Kier alpha value is -2.86. The van der Waals surface area contributed by atoms with Crippen LogP contribution in [0.15, 0.2) is 42.5 Å². The van der Waals surface area contributed by atoms with Gasteiger partial charge in [-0.25, -0.2) is 5.48 Å². The second kappa shape index (κ2) is 13.0. The highest BCUT2D eigenvalue weighted by molar-refractivity contribution is 5.94. The summed E-state index contributed by atoms with van der Waals surface area (Å²) in [5.41, 5.74) is 7.02. The minimum atomic E-state index is -0.353. The first kappa shape index (κ1) is 26.4. The Morgan fingerprint density at radius 2 is 1.45 bits per heavy atom. The zero-order valence-electron chi connectivity index (χ0n) is 20.6. The van der Waals surface area contributed by atoms with Crippen LogP contribution in [0.4, 0.5) is 11.4 Å². The summed E-state index contributed by atoms with van der Waals surface area (Å²) in [6.45, 7) is 9.48. The first-order valence-corrected chi connectivity index (χ1v) is 11.9. The average molecular weight is 454 g/mol. The van der Waals surface area contributed by atoms with E-state index in [1.807, 2.05) is 31.3 Å². The number of anilines is 2. The molecule has 0 saturated carbocycles. The molecule has 0 spiro atoms. The fraction of sp³-hybridized carbons (Fsp3) is 0.481. The molecule has 180 valence electrons. The molecule has 6 nitrogen and oxygen atoms in total. The second-order valence-corrected chi connectivity index (χ2v) is 9.25. The van der Waals surface area contributed by atoms with E-state index in [1.54, 1.807) is 10.4 Å². The second-order valence-electron chi connectivity index (χ2n) is 9.25. The van der Waals surface area contributed by atoms with Gasteiger partial charge in [-0.1, -0.05) is 58.7 Å². The van der Waals surface area contributed by atoms with Crippen molar-refractivity contribution in [2.45, 2.75) is 71.6 Å². The molecule has 0 aliphatic carbocycles. The summed E-state index contributed by atoms with van der Waals surface area (Å²) in [5.74, 6) is 0.472. The van der Waals surface area contributed by atoms with Crippen molar-refractivity contribution in [3.63, 3.8) is 0 Å². The highest BCUT2D eigenvalue weighted by atomic mass is 16.5. The van der Waals surface area contributed by atoms with E-state index >= 15 is 0 Å². The Balaban J connectivity index is 1.95. The third-order valence-electron chi connectivity index (χ3n) is 5.89. The van der Waals surface area contributed by atoms with Crippen LogP contribution in [-0.4, -0.2) is 35.5 Å². The quantitative estimate of drug-likeness (QED) is 0.203.